The van der Waals surface area contributed by atoms with Crippen molar-refractivity contribution in [3.05, 3.63) is 18.6 Å². The van der Waals surface area contributed by atoms with Gasteiger partial charge in [-0.05, 0) is 20.8 Å². The summed E-state index contributed by atoms with van der Waals surface area (Å²) in [4.78, 5) is 19.8. The van der Waals surface area contributed by atoms with Crippen LogP contribution in [0.1, 0.15) is 20.8 Å². The van der Waals surface area contributed by atoms with E-state index in [4.69, 9.17) is 4.74 Å². The Bertz CT molecular complexity index is 599. The molecule has 20 heavy (non-hydrogen) atoms. The molecule has 2 aromatic heterocycles. The van der Waals surface area contributed by atoms with Gasteiger partial charge in [0.1, 0.15) is 17.0 Å². The number of ether oxygens (including phenoxy) is 1. The Morgan fingerprint density at radius 2 is 2.00 bits per heavy atom. The highest BCUT2D eigenvalue weighted by atomic mass is 16.6. The predicted molar refractivity (Wildman–Crippen MR) is 71.9 cm³/mol. The van der Waals surface area contributed by atoms with Crippen molar-refractivity contribution < 1.29 is 9.53 Å². The Hall–Kier alpha value is -2.51. The molecule has 0 saturated heterocycles. The van der Waals surface area contributed by atoms with Gasteiger partial charge in [-0.1, -0.05) is 5.21 Å². The number of nitrogens with one attached hydrogen (secondary N) is 1. The summed E-state index contributed by atoms with van der Waals surface area (Å²) in [5.74, 6) is 0.312. The normalized spacial score (nSPS) is 11.2. The Labute approximate surface area is 116 Å². The number of hydrogen-bond donors (Lipinski definition) is 1. The van der Waals surface area contributed by atoms with E-state index >= 15 is 0 Å². The van der Waals surface area contributed by atoms with Crippen molar-refractivity contribution in [2.45, 2.75) is 26.4 Å². The molecule has 1 N–H and O–H groups in total. The predicted octanol–water partition coefficient (Wildman–Crippen LogP) is 1.62. The molecule has 2 aromatic rings. The van der Waals surface area contributed by atoms with Crippen LogP contribution >= 0.6 is 0 Å². The van der Waals surface area contributed by atoms with Crippen LogP contribution in [0.3, 0.4) is 0 Å². The third-order valence-corrected chi connectivity index (χ3v) is 2.15. The minimum absolute atomic E-state index is 0.312. The lowest BCUT2D eigenvalue weighted by Gasteiger charge is -2.19. The first-order chi connectivity index (χ1) is 9.33. The van der Waals surface area contributed by atoms with Crippen LogP contribution in [-0.2, 0) is 11.8 Å². The van der Waals surface area contributed by atoms with Crippen LogP contribution in [0, 0.1) is 0 Å². The van der Waals surface area contributed by atoms with Crippen molar-refractivity contribution in [3.63, 3.8) is 0 Å². The van der Waals surface area contributed by atoms with Crippen molar-refractivity contribution in [2.75, 3.05) is 5.32 Å². The monoisotopic (exact) mass is 276 g/mol. The fourth-order valence-electron chi connectivity index (χ4n) is 1.40. The van der Waals surface area contributed by atoms with Gasteiger partial charge < -0.3 is 4.74 Å². The minimum atomic E-state index is -0.570. The molecule has 0 bridgehead atoms. The van der Waals surface area contributed by atoms with Crippen molar-refractivity contribution in [1.82, 2.24) is 25.0 Å². The van der Waals surface area contributed by atoms with Gasteiger partial charge in [0, 0.05) is 7.05 Å². The van der Waals surface area contributed by atoms with Crippen LogP contribution < -0.4 is 5.32 Å². The summed E-state index contributed by atoms with van der Waals surface area (Å²) in [5.41, 5.74) is 0.633. The van der Waals surface area contributed by atoms with Crippen molar-refractivity contribution in [3.8, 4) is 11.4 Å². The van der Waals surface area contributed by atoms with Crippen molar-refractivity contribution >= 4 is 11.9 Å². The van der Waals surface area contributed by atoms with Crippen molar-refractivity contribution in [2.24, 2.45) is 7.05 Å². The Kier molecular flexibility index (Phi) is 3.64. The van der Waals surface area contributed by atoms with Crippen LogP contribution in [0.15, 0.2) is 18.6 Å². The summed E-state index contributed by atoms with van der Waals surface area (Å²) < 4.78 is 6.69. The van der Waals surface area contributed by atoms with E-state index in [0.717, 1.165) is 0 Å². The van der Waals surface area contributed by atoms with Gasteiger partial charge in [-0.25, -0.2) is 14.8 Å². The lowest BCUT2D eigenvalue weighted by molar-refractivity contribution is 0.0635. The van der Waals surface area contributed by atoms with Gasteiger partial charge >= 0.3 is 6.09 Å². The highest BCUT2D eigenvalue weighted by Crippen LogP contribution is 2.13. The summed E-state index contributed by atoms with van der Waals surface area (Å²) in [5, 5.41) is 10.2. The van der Waals surface area contributed by atoms with Crippen LogP contribution in [0.2, 0.25) is 0 Å². The number of hydrogen-bond acceptors (Lipinski definition) is 6. The number of rotatable bonds is 2. The Morgan fingerprint density at radius 3 is 2.50 bits per heavy atom. The summed E-state index contributed by atoms with van der Waals surface area (Å²) in [6.07, 6.45) is 4.11. The molecule has 0 radical (unpaired) electrons. The molecule has 0 aromatic carbocycles. The lowest BCUT2D eigenvalue weighted by Crippen LogP contribution is -2.27. The first-order valence-electron chi connectivity index (χ1n) is 6.02. The zero-order chi connectivity index (χ0) is 14.8. The molecule has 8 nitrogen and oxygen atoms in total. The molecule has 0 aliphatic rings. The topological polar surface area (TPSA) is 94.8 Å². The highest BCUT2D eigenvalue weighted by molar-refractivity contribution is 5.83. The maximum atomic E-state index is 11.6. The van der Waals surface area contributed by atoms with E-state index in [1.807, 2.05) is 0 Å². The van der Waals surface area contributed by atoms with E-state index in [2.05, 4.69) is 25.6 Å². The standard InChI is InChI=1S/C12H16N6O2/c1-12(2,3)20-11(19)15-10-6-13-8(5-14-10)9-7-18(4)17-16-9/h5-7H,1-4H3,(H,14,15,19). The number of amides is 1. The zero-order valence-electron chi connectivity index (χ0n) is 11.8. The third-order valence-electron chi connectivity index (χ3n) is 2.15. The second kappa shape index (κ2) is 5.24. The number of carbonyl (C=O) groups excluding carboxylic acids is 1. The molecule has 2 heterocycles. The minimum Gasteiger partial charge on any atom is -0.444 e. The summed E-state index contributed by atoms with van der Waals surface area (Å²) in [6, 6.07) is 0. The number of aromatic nitrogens is 5. The average Bonchev–Trinajstić information content (AvgIpc) is 2.74. The number of aryl methyl sites for hydroxylation is 1. The molecule has 106 valence electrons. The van der Waals surface area contributed by atoms with Crippen LogP contribution in [0.5, 0.6) is 0 Å². The summed E-state index contributed by atoms with van der Waals surface area (Å²) in [6.45, 7) is 5.36. The molecule has 0 fully saturated rings. The fourth-order valence-corrected chi connectivity index (χ4v) is 1.40. The maximum absolute atomic E-state index is 11.6. The van der Waals surface area contributed by atoms with Gasteiger partial charge in [0.15, 0.2) is 5.82 Å². The molecular formula is C12H16N6O2. The SMILES string of the molecule is Cn1cc(-c2cnc(NC(=O)OC(C)(C)C)cn2)nn1. The van der Waals surface area contributed by atoms with Gasteiger partial charge in [0.25, 0.3) is 0 Å². The Balaban J connectivity index is 2.03. The van der Waals surface area contributed by atoms with Crippen molar-refractivity contribution in [1.29, 1.82) is 0 Å². The van der Waals surface area contributed by atoms with Gasteiger partial charge in [0.05, 0.1) is 18.6 Å². The second-order valence-electron chi connectivity index (χ2n) is 5.19. The quantitative estimate of drug-likeness (QED) is 0.895. The largest absolute Gasteiger partial charge is 0.444 e. The smallest absolute Gasteiger partial charge is 0.413 e. The molecule has 8 heteroatoms. The van der Waals surface area contributed by atoms with E-state index in [9.17, 15) is 4.79 Å². The maximum Gasteiger partial charge on any atom is 0.413 e. The molecule has 0 atom stereocenters. The lowest BCUT2D eigenvalue weighted by atomic mass is 10.2. The molecule has 1 amide bonds. The van der Waals surface area contributed by atoms with Gasteiger partial charge in [-0.2, -0.15) is 0 Å². The van der Waals surface area contributed by atoms with Crippen LogP contribution in [0.25, 0.3) is 11.4 Å². The number of nitrogens with zero attached hydrogens (tertiary/aromatic N) is 5. The fraction of sp³-hybridized carbons (Fsp3) is 0.417. The molecule has 0 aliphatic carbocycles. The van der Waals surface area contributed by atoms with E-state index in [0.29, 0.717) is 17.2 Å². The highest BCUT2D eigenvalue weighted by Gasteiger charge is 2.16. The van der Waals surface area contributed by atoms with E-state index in [-0.39, 0.29) is 0 Å². The van der Waals surface area contributed by atoms with Gasteiger partial charge in [-0.15, -0.1) is 5.10 Å². The second-order valence-corrected chi connectivity index (χ2v) is 5.19. The first kappa shape index (κ1) is 13.9. The van der Waals surface area contributed by atoms with Gasteiger partial charge in [-0.3, -0.25) is 10.00 Å². The van der Waals surface area contributed by atoms with Crippen LogP contribution in [-0.4, -0.2) is 36.7 Å². The summed E-state index contributed by atoms with van der Waals surface area (Å²) >= 11 is 0. The molecule has 2 rings (SSSR count). The van der Waals surface area contributed by atoms with Crippen LogP contribution in [0.4, 0.5) is 10.6 Å². The van der Waals surface area contributed by atoms with E-state index < -0.39 is 11.7 Å². The average molecular weight is 276 g/mol. The van der Waals surface area contributed by atoms with E-state index in [1.165, 1.54) is 12.4 Å². The first-order valence-corrected chi connectivity index (χ1v) is 6.02. The number of carbonyl (C=O) groups is 1. The zero-order valence-corrected chi connectivity index (χ0v) is 11.8. The molecule has 0 saturated carbocycles. The molecule has 0 aliphatic heterocycles. The van der Waals surface area contributed by atoms with E-state index in [1.54, 1.807) is 38.7 Å². The summed E-state index contributed by atoms with van der Waals surface area (Å²) in [7, 11) is 1.77. The Morgan fingerprint density at radius 1 is 1.25 bits per heavy atom. The number of anilines is 1. The third kappa shape index (κ3) is 3.74. The molecule has 0 spiro atoms. The van der Waals surface area contributed by atoms with Gasteiger partial charge in [0.2, 0.25) is 0 Å². The molecule has 0 unspecified atom stereocenters. The molecular weight excluding hydrogens is 260 g/mol.